The molecule has 0 aromatic heterocycles. The zero-order valence-electron chi connectivity index (χ0n) is 6.91. The first-order valence-corrected chi connectivity index (χ1v) is 3.06. The average Bonchev–Trinajstić information content (AvgIpc) is 1.87. The second-order valence-electron chi connectivity index (χ2n) is 2.09. The van der Waals surface area contributed by atoms with Gasteiger partial charge in [0.15, 0.2) is 0 Å². The Bertz CT molecular complexity index is 150. The van der Waals surface area contributed by atoms with Crippen LogP contribution in [0.3, 0.4) is 0 Å². The molecule has 0 aromatic rings. The van der Waals surface area contributed by atoms with Crippen molar-refractivity contribution in [2.45, 2.75) is 26.1 Å². The summed E-state index contributed by atoms with van der Waals surface area (Å²) in [7, 11) is 0. The zero-order chi connectivity index (χ0) is 9.02. The van der Waals surface area contributed by atoms with Crippen molar-refractivity contribution in [3.63, 3.8) is 0 Å². The summed E-state index contributed by atoms with van der Waals surface area (Å²) in [6.45, 7) is 2.33. The van der Waals surface area contributed by atoms with Crippen LogP contribution in [0.15, 0.2) is 0 Å². The molecule has 0 aliphatic heterocycles. The van der Waals surface area contributed by atoms with Crippen molar-refractivity contribution in [3.8, 4) is 0 Å². The van der Waals surface area contributed by atoms with Crippen molar-refractivity contribution in [1.29, 1.82) is 0 Å². The Balaban J connectivity index is -0.000000500. The number of aliphatic hydroxyl groups is 2. The topological polar surface area (TPSA) is 83.8 Å². The molecule has 0 aromatic carbocycles. The van der Waals surface area contributed by atoms with E-state index in [2.05, 4.69) is 4.74 Å². The van der Waals surface area contributed by atoms with Crippen LogP contribution in [0, 0.1) is 0 Å². The van der Waals surface area contributed by atoms with E-state index in [0.29, 0.717) is 0 Å². The monoisotopic (exact) mass is 552 g/mol. The Morgan fingerprint density at radius 1 is 1.00 bits per heavy atom. The number of ether oxygens (including phenoxy) is 1. The molecule has 0 aliphatic carbocycles. The van der Waals surface area contributed by atoms with Gasteiger partial charge in [-0.1, -0.05) is 0 Å². The van der Waals surface area contributed by atoms with E-state index in [1.165, 1.54) is 0 Å². The van der Waals surface area contributed by atoms with Gasteiger partial charge in [-0.25, -0.2) is 9.59 Å². The van der Waals surface area contributed by atoms with E-state index in [4.69, 9.17) is 10.2 Å². The number of carbonyl (C=O) groups is 2. The van der Waals surface area contributed by atoms with Crippen LogP contribution in [0.25, 0.3) is 0 Å². The van der Waals surface area contributed by atoms with Crippen LogP contribution in [0.4, 0.5) is 0 Å². The first kappa shape index (κ1) is 19.1. The summed E-state index contributed by atoms with van der Waals surface area (Å²) < 4.78 is 4.00. The SMILES string of the molecule is CC(O)C(=O)OC(=O)C(C)O.[Pt].[Pt]. The minimum absolute atomic E-state index is 0. The van der Waals surface area contributed by atoms with E-state index in [1.54, 1.807) is 0 Å². The van der Waals surface area contributed by atoms with Crippen LogP contribution >= 0.6 is 0 Å². The fourth-order valence-electron chi connectivity index (χ4n) is 0.270. The summed E-state index contributed by atoms with van der Waals surface area (Å²) >= 11 is 0. The molecule has 0 saturated carbocycles. The summed E-state index contributed by atoms with van der Waals surface area (Å²) in [6.07, 6.45) is -2.70. The Labute approximate surface area is 104 Å². The van der Waals surface area contributed by atoms with Gasteiger partial charge >= 0.3 is 11.9 Å². The maximum absolute atomic E-state index is 10.5. The fourth-order valence-corrected chi connectivity index (χ4v) is 0.270. The minimum Gasteiger partial charge on any atom is -0.389 e. The molecule has 0 fully saturated rings. The molecule has 0 heterocycles. The van der Waals surface area contributed by atoms with Crippen molar-refractivity contribution < 1.29 is 66.7 Å². The molecule has 0 bridgehead atoms. The van der Waals surface area contributed by atoms with Gasteiger partial charge in [-0.2, -0.15) is 0 Å². The molecule has 2 N–H and O–H groups in total. The smallest absolute Gasteiger partial charge is 0.342 e. The van der Waals surface area contributed by atoms with Crippen LogP contribution in [0.5, 0.6) is 0 Å². The van der Waals surface area contributed by atoms with Gasteiger partial charge in [0, 0.05) is 42.1 Å². The average molecular weight is 552 g/mol. The van der Waals surface area contributed by atoms with Gasteiger partial charge in [0.1, 0.15) is 12.2 Å². The molecule has 7 heteroatoms. The van der Waals surface area contributed by atoms with Crippen LogP contribution < -0.4 is 0 Å². The zero-order valence-corrected chi connectivity index (χ0v) is 11.5. The van der Waals surface area contributed by atoms with E-state index in [9.17, 15) is 9.59 Å². The maximum Gasteiger partial charge on any atom is 0.342 e. The standard InChI is InChI=1S/C6H10O5.2Pt/c1-3(7)5(9)11-6(10)4(2)8;;/h3-4,7-8H,1-2H3;;. The third-order valence-electron chi connectivity index (χ3n) is 0.883. The summed E-state index contributed by atoms with van der Waals surface area (Å²) in [6, 6.07) is 0. The molecule has 0 amide bonds. The normalized spacial score (nSPS) is 12.9. The van der Waals surface area contributed by atoms with Crippen molar-refractivity contribution >= 4 is 11.9 Å². The van der Waals surface area contributed by atoms with Gasteiger partial charge in [-0.15, -0.1) is 0 Å². The fraction of sp³-hybridized carbons (Fsp3) is 0.667. The van der Waals surface area contributed by atoms with E-state index >= 15 is 0 Å². The Hall–Kier alpha value is 0.437. The number of hydrogen-bond donors (Lipinski definition) is 2. The Kier molecular flexibility index (Phi) is 13.2. The first-order valence-electron chi connectivity index (χ1n) is 3.06. The summed E-state index contributed by atoms with van der Waals surface area (Å²) in [5, 5.41) is 17.1. The number of carbonyl (C=O) groups excluding carboxylic acids is 2. The molecule has 0 saturated heterocycles. The molecule has 0 aliphatic rings. The summed E-state index contributed by atoms with van der Waals surface area (Å²) in [4.78, 5) is 20.9. The molecular weight excluding hydrogens is 542 g/mol. The van der Waals surface area contributed by atoms with E-state index in [1.807, 2.05) is 0 Å². The van der Waals surface area contributed by atoms with Crippen molar-refractivity contribution in [3.05, 3.63) is 0 Å². The minimum atomic E-state index is -1.35. The molecule has 5 nitrogen and oxygen atoms in total. The predicted octanol–water partition coefficient (Wildman–Crippen LogP) is -1.19. The van der Waals surface area contributed by atoms with Gasteiger partial charge in [0.05, 0.1) is 0 Å². The molecule has 2 atom stereocenters. The van der Waals surface area contributed by atoms with Crippen molar-refractivity contribution in [2.24, 2.45) is 0 Å². The van der Waals surface area contributed by atoms with E-state index in [0.717, 1.165) is 13.8 Å². The van der Waals surface area contributed by atoms with Gasteiger partial charge < -0.3 is 14.9 Å². The molecular formula is C6H10O5Pt2. The van der Waals surface area contributed by atoms with Gasteiger partial charge in [-0.3, -0.25) is 0 Å². The second-order valence-corrected chi connectivity index (χ2v) is 2.09. The molecule has 0 radical (unpaired) electrons. The number of esters is 2. The Morgan fingerprint density at radius 3 is 1.38 bits per heavy atom. The molecule has 0 spiro atoms. The van der Waals surface area contributed by atoms with Crippen molar-refractivity contribution in [2.75, 3.05) is 0 Å². The molecule has 2 unspecified atom stereocenters. The summed E-state index contributed by atoms with van der Waals surface area (Å²) in [5.74, 6) is -2.12. The van der Waals surface area contributed by atoms with Gasteiger partial charge in [0.2, 0.25) is 0 Å². The summed E-state index contributed by atoms with van der Waals surface area (Å²) in [5.41, 5.74) is 0. The van der Waals surface area contributed by atoms with Gasteiger partial charge in [-0.05, 0) is 13.8 Å². The Morgan fingerprint density at radius 2 is 1.23 bits per heavy atom. The van der Waals surface area contributed by atoms with Crippen LogP contribution in [0.1, 0.15) is 13.8 Å². The number of hydrogen-bond acceptors (Lipinski definition) is 5. The van der Waals surface area contributed by atoms with Crippen molar-refractivity contribution in [1.82, 2.24) is 0 Å². The largest absolute Gasteiger partial charge is 0.389 e. The quantitative estimate of drug-likeness (QED) is 0.333. The third-order valence-corrected chi connectivity index (χ3v) is 0.883. The first-order chi connectivity index (χ1) is 4.95. The number of rotatable bonds is 2. The second kappa shape index (κ2) is 9.01. The van der Waals surface area contributed by atoms with Gasteiger partial charge in [0.25, 0.3) is 0 Å². The number of aliphatic hydroxyl groups excluding tert-OH is 2. The van der Waals surface area contributed by atoms with E-state index < -0.39 is 24.1 Å². The predicted molar refractivity (Wildman–Crippen MR) is 34.5 cm³/mol. The molecule has 84 valence electrons. The van der Waals surface area contributed by atoms with Crippen LogP contribution in [-0.4, -0.2) is 34.4 Å². The molecule has 13 heavy (non-hydrogen) atoms. The van der Waals surface area contributed by atoms with Crippen LogP contribution in [-0.2, 0) is 56.5 Å². The maximum atomic E-state index is 10.5. The van der Waals surface area contributed by atoms with Crippen LogP contribution in [0.2, 0.25) is 0 Å². The molecule has 0 rings (SSSR count). The van der Waals surface area contributed by atoms with E-state index in [-0.39, 0.29) is 42.1 Å². The third kappa shape index (κ3) is 8.76.